The molecule has 1 aromatic carbocycles. The summed E-state index contributed by atoms with van der Waals surface area (Å²) in [6.07, 6.45) is 5.45. The van der Waals surface area contributed by atoms with Crippen molar-refractivity contribution >= 4 is 17.8 Å². The number of carbonyl (C=O) groups excluding carboxylic acids is 1. The molecular weight excluding hydrogens is 426 g/mol. The zero-order valence-electron chi connectivity index (χ0n) is 19.7. The number of carboxylic acid groups (broad SMARTS) is 2. The minimum Gasteiger partial charge on any atom is -0.497 e. The Morgan fingerprint density at radius 2 is 1.73 bits per heavy atom. The second-order valence-corrected chi connectivity index (χ2v) is 9.02. The van der Waals surface area contributed by atoms with E-state index in [2.05, 4.69) is 5.32 Å². The molecule has 184 valence electrons. The van der Waals surface area contributed by atoms with E-state index in [1.165, 1.54) is 7.11 Å². The van der Waals surface area contributed by atoms with Crippen molar-refractivity contribution in [2.24, 2.45) is 11.3 Å². The first-order chi connectivity index (χ1) is 15.8. The second kappa shape index (κ2) is 13.2. The molecular formula is C25H37NO7. The Labute approximate surface area is 195 Å². The Balaban J connectivity index is 2.02. The molecule has 0 aromatic heterocycles. The number of carbonyl (C=O) groups is 3. The summed E-state index contributed by atoms with van der Waals surface area (Å²) in [4.78, 5) is 36.5. The van der Waals surface area contributed by atoms with Gasteiger partial charge in [0.1, 0.15) is 5.75 Å². The molecule has 3 N–H and O–H groups in total. The normalized spacial score (nSPS) is 16.7. The Hall–Kier alpha value is -2.61. The lowest BCUT2D eigenvalue weighted by molar-refractivity contribution is -0.145. The van der Waals surface area contributed by atoms with Crippen LogP contribution in [-0.4, -0.2) is 54.9 Å². The van der Waals surface area contributed by atoms with Gasteiger partial charge < -0.3 is 25.0 Å². The second-order valence-electron chi connectivity index (χ2n) is 9.02. The van der Waals surface area contributed by atoms with Gasteiger partial charge in [0, 0.05) is 19.8 Å². The highest BCUT2D eigenvalue weighted by Crippen LogP contribution is 2.44. The van der Waals surface area contributed by atoms with Crippen molar-refractivity contribution in [2.45, 2.75) is 70.3 Å². The first-order valence-corrected chi connectivity index (χ1v) is 11.7. The number of nitrogens with one attached hydrogen (secondary N) is 1. The fraction of sp³-hybridized carbons (Fsp3) is 0.640. The molecule has 2 rings (SSSR count). The summed E-state index contributed by atoms with van der Waals surface area (Å²) in [5.74, 6) is -1.98. The summed E-state index contributed by atoms with van der Waals surface area (Å²) in [5.41, 5.74) is 0.356. The lowest BCUT2D eigenvalue weighted by Gasteiger charge is -2.32. The molecule has 0 heterocycles. The van der Waals surface area contributed by atoms with Crippen LogP contribution in [0.25, 0.3) is 0 Å². The van der Waals surface area contributed by atoms with E-state index in [0.717, 1.165) is 37.0 Å². The van der Waals surface area contributed by atoms with E-state index in [1.807, 2.05) is 24.3 Å². The Bertz CT molecular complexity index is 771. The average molecular weight is 464 g/mol. The summed E-state index contributed by atoms with van der Waals surface area (Å²) in [5, 5.41) is 22.0. The first-order valence-electron chi connectivity index (χ1n) is 11.7. The molecule has 0 radical (unpaired) electrons. The highest BCUT2D eigenvalue weighted by atomic mass is 16.5. The fourth-order valence-electron chi connectivity index (χ4n) is 4.74. The minimum atomic E-state index is -0.964. The van der Waals surface area contributed by atoms with Gasteiger partial charge in [0.15, 0.2) is 0 Å². The number of hydrogen-bond acceptors (Lipinski definition) is 5. The third-order valence-electron chi connectivity index (χ3n) is 6.63. The van der Waals surface area contributed by atoms with E-state index >= 15 is 0 Å². The van der Waals surface area contributed by atoms with Gasteiger partial charge in [0.2, 0.25) is 5.91 Å². The largest absolute Gasteiger partial charge is 0.497 e. The van der Waals surface area contributed by atoms with Crippen LogP contribution in [0.3, 0.4) is 0 Å². The number of methoxy groups -OCH3 is 2. The van der Waals surface area contributed by atoms with Crippen LogP contribution in [0.5, 0.6) is 5.75 Å². The van der Waals surface area contributed by atoms with Gasteiger partial charge in [-0.15, -0.1) is 0 Å². The molecule has 0 aliphatic heterocycles. The number of benzene rings is 1. The Morgan fingerprint density at radius 1 is 1.06 bits per heavy atom. The Morgan fingerprint density at radius 3 is 2.27 bits per heavy atom. The standard InChI is InChI=1S/C25H37NO7/c1-32-15-12-19(23(29)30)17-25(13-3-4-14-25)24(31)26-20(16-22(27)28)7-5-6-18-8-10-21(33-2)11-9-18/h8-11,19-20H,3-7,12-17H2,1-2H3,(H,26,31)(H,27,28)(H,29,30)/t19-,20+/m1/s1. The van der Waals surface area contributed by atoms with Crippen molar-refractivity contribution in [3.05, 3.63) is 29.8 Å². The molecule has 1 saturated carbocycles. The van der Waals surface area contributed by atoms with Crippen molar-refractivity contribution in [2.75, 3.05) is 20.8 Å². The van der Waals surface area contributed by atoms with Crippen LogP contribution in [0.4, 0.5) is 0 Å². The molecule has 1 aromatic rings. The van der Waals surface area contributed by atoms with E-state index in [4.69, 9.17) is 9.47 Å². The van der Waals surface area contributed by atoms with Gasteiger partial charge in [-0.25, -0.2) is 0 Å². The third-order valence-corrected chi connectivity index (χ3v) is 6.63. The number of ether oxygens (including phenoxy) is 2. The van der Waals surface area contributed by atoms with Crippen molar-refractivity contribution in [3.8, 4) is 5.75 Å². The van der Waals surface area contributed by atoms with Crippen molar-refractivity contribution in [1.82, 2.24) is 5.32 Å². The summed E-state index contributed by atoms with van der Waals surface area (Å²) < 4.78 is 10.2. The van der Waals surface area contributed by atoms with Gasteiger partial charge in [-0.3, -0.25) is 14.4 Å². The summed E-state index contributed by atoms with van der Waals surface area (Å²) >= 11 is 0. The molecule has 0 unspecified atom stereocenters. The summed E-state index contributed by atoms with van der Waals surface area (Å²) in [6.45, 7) is 0.321. The molecule has 1 aliphatic rings. The topological polar surface area (TPSA) is 122 Å². The molecule has 1 amide bonds. The van der Waals surface area contributed by atoms with E-state index in [0.29, 0.717) is 32.3 Å². The molecule has 0 bridgehead atoms. The first kappa shape index (κ1) is 26.6. The number of aliphatic carboxylic acids is 2. The van der Waals surface area contributed by atoms with Gasteiger partial charge in [0.25, 0.3) is 0 Å². The van der Waals surface area contributed by atoms with Crippen LogP contribution in [-0.2, 0) is 25.5 Å². The zero-order chi connectivity index (χ0) is 24.3. The van der Waals surface area contributed by atoms with Crippen LogP contribution in [0.2, 0.25) is 0 Å². The SMILES string of the molecule is COCC[C@H](CC1(C(=O)N[C@@H](CCCc2ccc(OC)cc2)CC(=O)O)CCCC1)C(=O)O. The quantitative estimate of drug-likeness (QED) is 0.363. The van der Waals surface area contributed by atoms with E-state index in [9.17, 15) is 24.6 Å². The highest BCUT2D eigenvalue weighted by molar-refractivity contribution is 5.84. The Kier molecular flexibility index (Phi) is 10.6. The smallest absolute Gasteiger partial charge is 0.306 e. The number of hydrogen-bond donors (Lipinski definition) is 3. The fourth-order valence-corrected chi connectivity index (χ4v) is 4.74. The molecule has 0 saturated heterocycles. The molecule has 1 aliphatic carbocycles. The zero-order valence-corrected chi connectivity index (χ0v) is 19.7. The lowest BCUT2D eigenvalue weighted by Crippen LogP contribution is -2.46. The van der Waals surface area contributed by atoms with Gasteiger partial charge >= 0.3 is 11.9 Å². The van der Waals surface area contributed by atoms with Gasteiger partial charge in [0.05, 0.1) is 24.9 Å². The van der Waals surface area contributed by atoms with Crippen LogP contribution in [0.15, 0.2) is 24.3 Å². The van der Waals surface area contributed by atoms with Crippen LogP contribution < -0.4 is 10.1 Å². The molecule has 0 spiro atoms. The van der Waals surface area contributed by atoms with Gasteiger partial charge in [-0.05, 0) is 62.6 Å². The van der Waals surface area contributed by atoms with E-state index in [1.54, 1.807) is 7.11 Å². The maximum atomic E-state index is 13.4. The lowest BCUT2D eigenvalue weighted by atomic mass is 9.75. The monoisotopic (exact) mass is 463 g/mol. The molecule has 8 heteroatoms. The summed E-state index contributed by atoms with van der Waals surface area (Å²) in [7, 11) is 3.14. The summed E-state index contributed by atoms with van der Waals surface area (Å²) in [6, 6.07) is 7.23. The van der Waals surface area contributed by atoms with Crippen molar-refractivity contribution < 1.29 is 34.1 Å². The molecule has 33 heavy (non-hydrogen) atoms. The van der Waals surface area contributed by atoms with Crippen LogP contribution in [0.1, 0.15) is 63.4 Å². The molecule has 1 fully saturated rings. The number of amides is 1. The van der Waals surface area contributed by atoms with Crippen molar-refractivity contribution in [1.29, 1.82) is 0 Å². The predicted molar refractivity (Wildman–Crippen MR) is 123 cm³/mol. The van der Waals surface area contributed by atoms with Gasteiger partial charge in [-0.1, -0.05) is 25.0 Å². The maximum absolute atomic E-state index is 13.4. The number of carboxylic acids is 2. The van der Waals surface area contributed by atoms with Gasteiger partial charge in [-0.2, -0.15) is 0 Å². The van der Waals surface area contributed by atoms with E-state index in [-0.39, 0.29) is 18.7 Å². The number of rotatable bonds is 15. The van der Waals surface area contributed by atoms with E-state index < -0.39 is 29.3 Å². The van der Waals surface area contributed by atoms with Crippen molar-refractivity contribution in [3.63, 3.8) is 0 Å². The predicted octanol–water partition coefficient (Wildman–Crippen LogP) is 3.67. The molecule has 2 atom stereocenters. The highest BCUT2D eigenvalue weighted by Gasteiger charge is 2.44. The van der Waals surface area contributed by atoms with Crippen LogP contribution >= 0.6 is 0 Å². The molecule has 8 nitrogen and oxygen atoms in total. The third kappa shape index (κ3) is 8.35. The maximum Gasteiger partial charge on any atom is 0.306 e. The average Bonchev–Trinajstić information content (AvgIpc) is 3.26. The number of aryl methyl sites for hydroxylation is 1. The van der Waals surface area contributed by atoms with Crippen LogP contribution in [0, 0.1) is 11.3 Å². The minimum absolute atomic E-state index is 0.156.